The first-order valence-electron chi connectivity index (χ1n) is 6.39. The molecule has 1 fully saturated rings. The lowest BCUT2D eigenvalue weighted by molar-refractivity contribution is 0.336. The average molecular weight is 243 g/mol. The molecule has 2 heterocycles. The summed E-state index contributed by atoms with van der Waals surface area (Å²) in [5, 5.41) is 17.6. The van der Waals surface area contributed by atoms with Crippen LogP contribution in [0, 0.1) is 0 Å². The van der Waals surface area contributed by atoms with Crippen molar-refractivity contribution in [3.63, 3.8) is 0 Å². The van der Waals surface area contributed by atoms with Gasteiger partial charge in [-0.3, -0.25) is 4.68 Å². The van der Waals surface area contributed by atoms with Crippen molar-refractivity contribution in [2.24, 2.45) is 0 Å². The van der Waals surface area contributed by atoms with Crippen molar-refractivity contribution in [3.05, 3.63) is 36.5 Å². The summed E-state index contributed by atoms with van der Waals surface area (Å²) in [6.07, 6.45) is 4.22. The monoisotopic (exact) mass is 243 g/mol. The molecule has 0 saturated carbocycles. The first kappa shape index (κ1) is 11.3. The third-order valence-corrected chi connectivity index (χ3v) is 3.44. The molecule has 0 radical (unpaired) electrons. The molecule has 1 aromatic carbocycles. The van der Waals surface area contributed by atoms with Crippen LogP contribution >= 0.6 is 0 Å². The number of piperidine rings is 1. The molecule has 1 aliphatic rings. The third kappa shape index (κ3) is 2.11. The number of aromatic hydroxyl groups is 1. The fraction of sp³-hybridized carbons (Fsp3) is 0.357. The van der Waals surface area contributed by atoms with Crippen molar-refractivity contribution < 1.29 is 5.11 Å². The van der Waals surface area contributed by atoms with Crippen molar-refractivity contribution in [3.8, 4) is 17.0 Å². The van der Waals surface area contributed by atoms with E-state index in [-0.39, 0.29) is 5.88 Å². The van der Waals surface area contributed by atoms with Crippen LogP contribution in [0.2, 0.25) is 0 Å². The zero-order chi connectivity index (χ0) is 12.4. The van der Waals surface area contributed by atoms with Gasteiger partial charge in [-0.1, -0.05) is 30.3 Å². The van der Waals surface area contributed by atoms with Crippen molar-refractivity contribution in [1.29, 1.82) is 0 Å². The molecule has 94 valence electrons. The van der Waals surface area contributed by atoms with Crippen molar-refractivity contribution >= 4 is 0 Å². The van der Waals surface area contributed by atoms with Crippen LogP contribution in [0.1, 0.15) is 18.9 Å². The number of benzene rings is 1. The van der Waals surface area contributed by atoms with Gasteiger partial charge in [0.25, 0.3) is 0 Å². The molecule has 0 aliphatic carbocycles. The molecule has 4 nitrogen and oxygen atoms in total. The van der Waals surface area contributed by atoms with Gasteiger partial charge >= 0.3 is 0 Å². The van der Waals surface area contributed by atoms with E-state index in [1.165, 1.54) is 0 Å². The molecule has 1 saturated heterocycles. The highest BCUT2D eigenvalue weighted by molar-refractivity contribution is 5.67. The standard InChI is InChI=1S/C14H17N3O/c18-14-13(11-5-2-1-3-6-11)10-17(16-14)12-7-4-8-15-9-12/h1-3,5-6,10,12,15H,4,7-9H2,(H,16,18). The molecule has 18 heavy (non-hydrogen) atoms. The van der Waals surface area contributed by atoms with Gasteiger partial charge in [-0.05, 0) is 24.9 Å². The second-order valence-electron chi connectivity index (χ2n) is 4.71. The Balaban J connectivity index is 1.91. The molecule has 2 N–H and O–H groups in total. The van der Waals surface area contributed by atoms with E-state index >= 15 is 0 Å². The quantitative estimate of drug-likeness (QED) is 0.850. The molecular weight excluding hydrogens is 226 g/mol. The van der Waals surface area contributed by atoms with E-state index in [0.717, 1.165) is 37.1 Å². The van der Waals surface area contributed by atoms with E-state index < -0.39 is 0 Å². The Hall–Kier alpha value is -1.81. The molecule has 1 aromatic heterocycles. The van der Waals surface area contributed by atoms with Gasteiger partial charge in [-0.15, -0.1) is 5.10 Å². The van der Waals surface area contributed by atoms with E-state index in [2.05, 4.69) is 10.4 Å². The summed E-state index contributed by atoms with van der Waals surface area (Å²) in [6.45, 7) is 2.00. The minimum atomic E-state index is 0.117. The lowest BCUT2D eigenvalue weighted by atomic mass is 10.1. The van der Waals surface area contributed by atoms with Crippen LogP contribution in [0.15, 0.2) is 36.5 Å². The summed E-state index contributed by atoms with van der Waals surface area (Å²) in [6, 6.07) is 10.2. The van der Waals surface area contributed by atoms with E-state index in [1.54, 1.807) is 0 Å². The van der Waals surface area contributed by atoms with E-state index in [0.29, 0.717) is 6.04 Å². The van der Waals surface area contributed by atoms with Gasteiger partial charge in [-0.2, -0.15) is 0 Å². The number of hydrogen-bond donors (Lipinski definition) is 2. The molecule has 0 amide bonds. The summed E-state index contributed by atoms with van der Waals surface area (Å²) in [4.78, 5) is 0. The van der Waals surface area contributed by atoms with Gasteiger partial charge in [0.05, 0.1) is 11.6 Å². The first-order valence-corrected chi connectivity index (χ1v) is 6.39. The molecule has 4 heteroatoms. The Morgan fingerprint density at radius 3 is 2.83 bits per heavy atom. The highest BCUT2D eigenvalue weighted by Crippen LogP contribution is 2.29. The molecular formula is C14H17N3O. The maximum atomic E-state index is 9.96. The topological polar surface area (TPSA) is 50.1 Å². The number of nitrogens with one attached hydrogen (secondary N) is 1. The summed E-state index contributed by atoms with van der Waals surface area (Å²) < 4.78 is 1.89. The second kappa shape index (κ2) is 4.82. The van der Waals surface area contributed by atoms with Gasteiger partial charge < -0.3 is 10.4 Å². The summed E-state index contributed by atoms with van der Waals surface area (Å²) in [5.41, 5.74) is 1.81. The van der Waals surface area contributed by atoms with Crippen LogP contribution in [0.25, 0.3) is 11.1 Å². The van der Waals surface area contributed by atoms with Crippen LogP contribution in [-0.4, -0.2) is 28.0 Å². The van der Waals surface area contributed by atoms with Crippen molar-refractivity contribution in [1.82, 2.24) is 15.1 Å². The number of hydrogen-bond acceptors (Lipinski definition) is 3. The largest absolute Gasteiger partial charge is 0.492 e. The first-order chi connectivity index (χ1) is 8.84. The van der Waals surface area contributed by atoms with Crippen LogP contribution in [-0.2, 0) is 0 Å². The van der Waals surface area contributed by atoms with Gasteiger partial charge in [-0.25, -0.2) is 0 Å². The summed E-state index contributed by atoms with van der Waals surface area (Å²) in [5.74, 6) is 0.117. The van der Waals surface area contributed by atoms with Gasteiger partial charge in [0, 0.05) is 12.7 Å². The van der Waals surface area contributed by atoms with Crippen molar-refractivity contribution in [2.45, 2.75) is 18.9 Å². The highest BCUT2D eigenvalue weighted by atomic mass is 16.3. The highest BCUT2D eigenvalue weighted by Gasteiger charge is 2.18. The van der Waals surface area contributed by atoms with E-state index in [9.17, 15) is 5.11 Å². The Labute approximate surface area is 106 Å². The predicted octanol–water partition coefficient (Wildman–Crippen LogP) is 2.18. The van der Waals surface area contributed by atoms with Crippen LogP contribution in [0.4, 0.5) is 0 Å². The molecule has 3 rings (SSSR count). The molecule has 1 aliphatic heterocycles. The Kier molecular flexibility index (Phi) is 3.02. The minimum Gasteiger partial charge on any atom is -0.492 e. The normalized spacial score (nSPS) is 19.9. The van der Waals surface area contributed by atoms with Gasteiger partial charge in [0.2, 0.25) is 5.88 Å². The summed E-state index contributed by atoms with van der Waals surface area (Å²) in [7, 11) is 0. The molecule has 1 unspecified atom stereocenters. The van der Waals surface area contributed by atoms with Crippen LogP contribution in [0.5, 0.6) is 5.88 Å². The second-order valence-corrected chi connectivity index (χ2v) is 4.71. The number of nitrogens with zero attached hydrogens (tertiary/aromatic N) is 2. The van der Waals surface area contributed by atoms with Crippen LogP contribution < -0.4 is 5.32 Å². The van der Waals surface area contributed by atoms with E-state index in [4.69, 9.17) is 0 Å². The zero-order valence-electron chi connectivity index (χ0n) is 10.2. The maximum absolute atomic E-state index is 9.96. The predicted molar refractivity (Wildman–Crippen MR) is 70.5 cm³/mol. The fourth-order valence-electron chi connectivity index (χ4n) is 2.45. The lowest BCUT2D eigenvalue weighted by Gasteiger charge is -2.22. The number of aromatic nitrogens is 2. The van der Waals surface area contributed by atoms with Gasteiger partial charge in [0.15, 0.2) is 0 Å². The Bertz CT molecular complexity index is 515. The zero-order valence-corrected chi connectivity index (χ0v) is 10.2. The third-order valence-electron chi connectivity index (χ3n) is 3.44. The Morgan fingerprint density at radius 1 is 1.28 bits per heavy atom. The maximum Gasteiger partial charge on any atom is 0.238 e. The van der Waals surface area contributed by atoms with Crippen LogP contribution in [0.3, 0.4) is 0 Å². The fourth-order valence-corrected chi connectivity index (χ4v) is 2.45. The Morgan fingerprint density at radius 2 is 2.11 bits per heavy atom. The van der Waals surface area contributed by atoms with Crippen molar-refractivity contribution in [2.75, 3.05) is 13.1 Å². The lowest BCUT2D eigenvalue weighted by Crippen LogP contribution is -2.31. The molecule has 1 atom stereocenters. The molecule has 0 bridgehead atoms. The molecule has 2 aromatic rings. The summed E-state index contributed by atoms with van der Waals surface area (Å²) >= 11 is 0. The van der Waals surface area contributed by atoms with E-state index in [1.807, 2.05) is 41.2 Å². The smallest absolute Gasteiger partial charge is 0.238 e. The van der Waals surface area contributed by atoms with Gasteiger partial charge in [0.1, 0.15) is 0 Å². The SMILES string of the molecule is Oc1nn(C2CCCNC2)cc1-c1ccccc1. The number of rotatable bonds is 2. The average Bonchev–Trinajstić information content (AvgIpc) is 2.83. The molecule has 0 spiro atoms. The minimum absolute atomic E-state index is 0.117.